The molecule has 4 heteroatoms. The van der Waals surface area contributed by atoms with Crippen LogP contribution >= 0.6 is 0 Å². The van der Waals surface area contributed by atoms with Crippen molar-refractivity contribution in [3.63, 3.8) is 0 Å². The zero-order valence-corrected chi connectivity index (χ0v) is 15.4. The number of aromatic nitrogens is 2. The average molecular weight is 320 g/mol. The number of rotatable bonds is 4. The fraction of sp³-hybridized carbons (Fsp3) is 0.789. The minimum absolute atomic E-state index is 0.110. The quantitative estimate of drug-likeness (QED) is 0.792. The van der Waals surface area contributed by atoms with Gasteiger partial charge in [0.05, 0.1) is 5.69 Å². The first kappa shape index (κ1) is 18.2. The van der Waals surface area contributed by atoms with Crippen LogP contribution in [0.2, 0.25) is 0 Å². The summed E-state index contributed by atoms with van der Waals surface area (Å²) in [6.07, 6.45) is 5.67. The Hall–Kier alpha value is -1.16. The van der Waals surface area contributed by atoms with Gasteiger partial charge in [-0.1, -0.05) is 20.8 Å². The molecular weight excluding hydrogens is 288 g/mol. The SMILES string of the molecule is CC.COCCCn1c(C)nc2c1CCC1CC(=O)CCC21C. The maximum atomic E-state index is 11.8. The predicted molar refractivity (Wildman–Crippen MR) is 92.8 cm³/mol. The van der Waals surface area contributed by atoms with Crippen molar-refractivity contribution in [1.82, 2.24) is 9.55 Å². The Kier molecular flexibility index (Phi) is 6.01. The number of hydrogen-bond donors (Lipinski definition) is 0. The van der Waals surface area contributed by atoms with E-state index in [1.165, 1.54) is 11.4 Å². The summed E-state index contributed by atoms with van der Waals surface area (Å²) >= 11 is 0. The second-order valence-electron chi connectivity index (χ2n) is 6.85. The van der Waals surface area contributed by atoms with Crippen molar-refractivity contribution >= 4 is 5.78 Å². The highest BCUT2D eigenvalue weighted by Crippen LogP contribution is 2.48. The Balaban J connectivity index is 0.000000924. The number of nitrogens with zero attached hydrogens (tertiary/aromatic N) is 2. The molecule has 1 aromatic rings. The topological polar surface area (TPSA) is 44.1 Å². The minimum Gasteiger partial charge on any atom is -0.385 e. The van der Waals surface area contributed by atoms with E-state index in [2.05, 4.69) is 18.4 Å². The summed E-state index contributed by atoms with van der Waals surface area (Å²) in [5.41, 5.74) is 2.80. The summed E-state index contributed by atoms with van der Waals surface area (Å²) in [6.45, 7) is 10.2. The molecule has 23 heavy (non-hydrogen) atoms. The molecule has 1 heterocycles. The Morgan fingerprint density at radius 2 is 2.09 bits per heavy atom. The molecule has 0 bridgehead atoms. The van der Waals surface area contributed by atoms with Crippen molar-refractivity contribution in [2.75, 3.05) is 13.7 Å². The van der Waals surface area contributed by atoms with Crippen LogP contribution in [0.25, 0.3) is 0 Å². The lowest BCUT2D eigenvalue weighted by Crippen LogP contribution is -2.42. The second kappa shape index (κ2) is 7.61. The summed E-state index contributed by atoms with van der Waals surface area (Å²) in [6, 6.07) is 0. The van der Waals surface area contributed by atoms with E-state index in [-0.39, 0.29) is 5.41 Å². The molecule has 1 saturated carbocycles. The van der Waals surface area contributed by atoms with E-state index in [1.54, 1.807) is 7.11 Å². The standard InChI is InChI=1S/C17H26N2O2.C2H6/c1-12-18-16-15(19(12)9-4-10-21-3)6-5-13-11-14(20)7-8-17(13,16)2;1-2/h13H,4-11H2,1-3H3;1-2H3. The van der Waals surface area contributed by atoms with Gasteiger partial charge in [-0.2, -0.15) is 0 Å². The van der Waals surface area contributed by atoms with Gasteiger partial charge in [-0.05, 0) is 38.5 Å². The Bertz CT molecular complexity index is 550. The smallest absolute Gasteiger partial charge is 0.133 e. The van der Waals surface area contributed by atoms with Crippen LogP contribution in [0.1, 0.15) is 70.1 Å². The lowest BCUT2D eigenvalue weighted by molar-refractivity contribution is -0.123. The molecule has 0 spiro atoms. The van der Waals surface area contributed by atoms with Gasteiger partial charge in [0, 0.05) is 44.2 Å². The monoisotopic (exact) mass is 320 g/mol. The van der Waals surface area contributed by atoms with Gasteiger partial charge in [0.1, 0.15) is 11.6 Å². The van der Waals surface area contributed by atoms with E-state index in [0.717, 1.165) is 57.5 Å². The predicted octanol–water partition coefficient (Wildman–Crippen LogP) is 3.83. The third-order valence-corrected chi connectivity index (χ3v) is 5.56. The third kappa shape index (κ3) is 3.37. The van der Waals surface area contributed by atoms with Crippen LogP contribution < -0.4 is 0 Å². The Morgan fingerprint density at radius 3 is 2.78 bits per heavy atom. The molecule has 0 N–H and O–H groups in total. The molecule has 0 radical (unpaired) electrons. The van der Waals surface area contributed by atoms with E-state index in [0.29, 0.717) is 11.7 Å². The normalized spacial score (nSPS) is 26.1. The first-order valence-corrected chi connectivity index (χ1v) is 9.13. The van der Waals surface area contributed by atoms with Crippen LogP contribution in [-0.2, 0) is 27.9 Å². The van der Waals surface area contributed by atoms with Gasteiger partial charge < -0.3 is 9.30 Å². The van der Waals surface area contributed by atoms with Crippen molar-refractivity contribution in [3.05, 3.63) is 17.2 Å². The lowest BCUT2D eigenvalue weighted by Gasteiger charge is -2.43. The van der Waals surface area contributed by atoms with Gasteiger partial charge >= 0.3 is 0 Å². The summed E-state index contributed by atoms with van der Waals surface area (Å²) in [5, 5.41) is 0. The molecule has 2 atom stereocenters. The molecule has 1 fully saturated rings. The van der Waals surface area contributed by atoms with Crippen LogP contribution in [0.5, 0.6) is 0 Å². The van der Waals surface area contributed by atoms with Gasteiger partial charge in [0.25, 0.3) is 0 Å². The summed E-state index contributed by atoms with van der Waals surface area (Å²) in [5.74, 6) is 2.06. The van der Waals surface area contributed by atoms with E-state index in [9.17, 15) is 4.79 Å². The van der Waals surface area contributed by atoms with E-state index in [1.807, 2.05) is 13.8 Å². The lowest BCUT2D eigenvalue weighted by atomic mass is 9.60. The van der Waals surface area contributed by atoms with Crippen molar-refractivity contribution in [2.24, 2.45) is 5.92 Å². The second-order valence-corrected chi connectivity index (χ2v) is 6.85. The number of ether oxygens (including phenoxy) is 1. The molecule has 2 aliphatic carbocycles. The molecule has 4 nitrogen and oxygen atoms in total. The van der Waals surface area contributed by atoms with Crippen LogP contribution in [0.15, 0.2) is 0 Å². The molecular formula is C19H32N2O2. The summed E-state index contributed by atoms with van der Waals surface area (Å²) in [7, 11) is 1.75. The van der Waals surface area contributed by atoms with Crippen molar-refractivity contribution in [2.45, 2.75) is 78.2 Å². The van der Waals surface area contributed by atoms with E-state index < -0.39 is 0 Å². The van der Waals surface area contributed by atoms with Gasteiger partial charge in [-0.25, -0.2) is 4.98 Å². The maximum absolute atomic E-state index is 11.8. The van der Waals surface area contributed by atoms with Crippen molar-refractivity contribution in [1.29, 1.82) is 0 Å². The number of aryl methyl sites for hydroxylation is 1. The molecule has 0 aliphatic heterocycles. The average Bonchev–Trinajstić information content (AvgIpc) is 2.88. The van der Waals surface area contributed by atoms with Gasteiger partial charge in [0.15, 0.2) is 0 Å². The fourth-order valence-electron chi connectivity index (χ4n) is 4.23. The van der Waals surface area contributed by atoms with Crippen molar-refractivity contribution < 1.29 is 9.53 Å². The molecule has 0 saturated heterocycles. The zero-order valence-electron chi connectivity index (χ0n) is 15.4. The third-order valence-electron chi connectivity index (χ3n) is 5.56. The van der Waals surface area contributed by atoms with Crippen LogP contribution in [0.4, 0.5) is 0 Å². The minimum atomic E-state index is 0.110. The number of carbonyl (C=O) groups excluding carboxylic acids is 1. The highest BCUT2D eigenvalue weighted by molar-refractivity contribution is 5.80. The molecule has 0 amide bonds. The Labute approximate surface area is 140 Å². The van der Waals surface area contributed by atoms with Gasteiger partial charge in [-0.15, -0.1) is 0 Å². The summed E-state index contributed by atoms with van der Waals surface area (Å²) < 4.78 is 7.55. The molecule has 130 valence electrons. The molecule has 2 unspecified atom stereocenters. The number of ketones is 1. The van der Waals surface area contributed by atoms with Crippen LogP contribution in [0, 0.1) is 12.8 Å². The first-order chi connectivity index (χ1) is 11.1. The van der Waals surface area contributed by atoms with Gasteiger partial charge in [0.2, 0.25) is 0 Å². The maximum Gasteiger partial charge on any atom is 0.133 e. The van der Waals surface area contributed by atoms with Gasteiger partial charge in [-0.3, -0.25) is 4.79 Å². The van der Waals surface area contributed by atoms with Crippen LogP contribution in [0.3, 0.4) is 0 Å². The Morgan fingerprint density at radius 1 is 1.35 bits per heavy atom. The van der Waals surface area contributed by atoms with E-state index in [4.69, 9.17) is 9.72 Å². The highest BCUT2D eigenvalue weighted by Gasteiger charge is 2.46. The highest BCUT2D eigenvalue weighted by atomic mass is 16.5. The largest absolute Gasteiger partial charge is 0.385 e. The van der Waals surface area contributed by atoms with E-state index >= 15 is 0 Å². The number of imidazole rings is 1. The van der Waals surface area contributed by atoms with Crippen molar-refractivity contribution in [3.8, 4) is 0 Å². The molecule has 0 aromatic carbocycles. The number of hydrogen-bond acceptors (Lipinski definition) is 3. The van der Waals surface area contributed by atoms with Crippen LogP contribution in [-0.4, -0.2) is 29.1 Å². The number of carbonyl (C=O) groups is 1. The fourth-order valence-corrected chi connectivity index (χ4v) is 4.23. The molecule has 3 rings (SSSR count). The molecule has 1 aromatic heterocycles. The number of methoxy groups -OCH3 is 1. The number of Topliss-reactive ketones (excluding diaryl/α,β-unsaturated/α-hetero) is 1. The first-order valence-electron chi connectivity index (χ1n) is 9.13. The number of fused-ring (bicyclic) bond motifs is 3. The summed E-state index contributed by atoms with van der Waals surface area (Å²) in [4.78, 5) is 16.7. The zero-order chi connectivity index (χ0) is 17.0. The molecule has 2 aliphatic rings.